The number of aryl methyl sites for hydroxylation is 2. The fourth-order valence-corrected chi connectivity index (χ4v) is 5.13. The van der Waals surface area contributed by atoms with Crippen molar-refractivity contribution in [3.63, 3.8) is 0 Å². The van der Waals surface area contributed by atoms with Gasteiger partial charge in [-0.1, -0.05) is 31.9 Å². The second kappa shape index (κ2) is 10.3. The predicted octanol–water partition coefficient (Wildman–Crippen LogP) is 6.56. The molecular formula is C28H29NO4S. The third kappa shape index (κ3) is 4.77. The summed E-state index contributed by atoms with van der Waals surface area (Å²) in [6.07, 6.45) is 3.23. The average molecular weight is 476 g/mol. The van der Waals surface area contributed by atoms with Gasteiger partial charge < -0.3 is 9.84 Å². The number of unbranched alkanes of at least 4 members (excludes halogenated alkanes) is 2. The molecule has 0 aliphatic carbocycles. The summed E-state index contributed by atoms with van der Waals surface area (Å²) in [7, 11) is 0. The van der Waals surface area contributed by atoms with E-state index in [0.717, 1.165) is 35.3 Å². The smallest absolute Gasteiger partial charge is 0.300 e. The Morgan fingerprint density at radius 3 is 2.35 bits per heavy atom. The Morgan fingerprint density at radius 1 is 1.03 bits per heavy atom. The highest BCUT2D eigenvalue weighted by Gasteiger charge is 2.47. The second-order valence-corrected chi connectivity index (χ2v) is 9.59. The number of ether oxygens (including phenoxy) is 1. The summed E-state index contributed by atoms with van der Waals surface area (Å²) < 4.78 is 5.76. The number of ketones is 1. The van der Waals surface area contributed by atoms with E-state index >= 15 is 0 Å². The van der Waals surface area contributed by atoms with E-state index in [9.17, 15) is 14.7 Å². The summed E-state index contributed by atoms with van der Waals surface area (Å²) in [5.74, 6) is -0.796. The predicted molar refractivity (Wildman–Crippen MR) is 136 cm³/mol. The molecule has 3 aromatic rings. The summed E-state index contributed by atoms with van der Waals surface area (Å²) in [5, 5.41) is 13.1. The van der Waals surface area contributed by atoms with Crippen molar-refractivity contribution >= 4 is 34.5 Å². The first-order chi connectivity index (χ1) is 16.4. The molecule has 1 atom stereocenters. The van der Waals surface area contributed by atoms with Crippen molar-refractivity contribution in [1.29, 1.82) is 0 Å². The molecule has 176 valence electrons. The third-order valence-corrected chi connectivity index (χ3v) is 6.81. The molecule has 1 fully saturated rings. The van der Waals surface area contributed by atoms with E-state index in [1.165, 1.54) is 16.2 Å². The number of anilines is 1. The molecule has 2 heterocycles. The van der Waals surface area contributed by atoms with Crippen molar-refractivity contribution in [1.82, 2.24) is 0 Å². The number of thiophene rings is 1. The molecule has 0 saturated carbocycles. The highest BCUT2D eigenvalue weighted by Crippen LogP contribution is 2.44. The first-order valence-corrected chi connectivity index (χ1v) is 12.4. The molecule has 1 amide bonds. The normalized spacial score (nSPS) is 17.4. The standard InChI is InChI=1S/C28H29NO4S/c1-4-5-6-13-33-22-11-9-20(10-12-22)26(30)24-25(23-8-7-14-34-23)29(28(32)27(24)31)21-16-18(2)15-19(3)17-21/h7-12,14-17,25,30H,4-6,13H2,1-3H3/b26-24-. The van der Waals surface area contributed by atoms with Crippen LogP contribution >= 0.6 is 11.3 Å². The molecular weight excluding hydrogens is 446 g/mol. The molecule has 2 aromatic carbocycles. The summed E-state index contributed by atoms with van der Waals surface area (Å²) in [6, 6.07) is 15.9. The number of carbonyl (C=O) groups excluding carboxylic acids is 2. The van der Waals surface area contributed by atoms with E-state index < -0.39 is 17.7 Å². The quantitative estimate of drug-likeness (QED) is 0.173. The maximum absolute atomic E-state index is 13.2. The van der Waals surface area contributed by atoms with Gasteiger partial charge in [0, 0.05) is 16.1 Å². The van der Waals surface area contributed by atoms with Gasteiger partial charge in [-0.25, -0.2) is 0 Å². The number of benzene rings is 2. The highest BCUT2D eigenvalue weighted by molar-refractivity contribution is 7.10. The molecule has 34 heavy (non-hydrogen) atoms. The molecule has 4 rings (SSSR count). The Morgan fingerprint density at radius 2 is 1.74 bits per heavy atom. The van der Waals surface area contributed by atoms with Crippen LogP contribution in [0.1, 0.15) is 53.8 Å². The molecule has 1 aliphatic rings. The Hall–Kier alpha value is -3.38. The molecule has 1 unspecified atom stereocenters. The van der Waals surface area contributed by atoms with Gasteiger partial charge in [0.1, 0.15) is 17.6 Å². The van der Waals surface area contributed by atoms with Gasteiger partial charge in [-0.15, -0.1) is 11.3 Å². The lowest BCUT2D eigenvalue weighted by Gasteiger charge is -2.25. The Balaban J connectivity index is 1.73. The molecule has 1 N–H and O–H groups in total. The van der Waals surface area contributed by atoms with Crippen LogP contribution in [0.5, 0.6) is 5.75 Å². The third-order valence-electron chi connectivity index (χ3n) is 5.89. The van der Waals surface area contributed by atoms with Crippen molar-refractivity contribution in [2.75, 3.05) is 11.5 Å². The van der Waals surface area contributed by atoms with Crippen molar-refractivity contribution in [2.24, 2.45) is 0 Å². The molecule has 1 saturated heterocycles. The Kier molecular flexibility index (Phi) is 7.17. The van der Waals surface area contributed by atoms with E-state index in [2.05, 4.69) is 6.92 Å². The monoisotopic (exact) mass is 475 g/mol. The number of hydrogen-bond acceptors (Lipinski definition) is 5. The van der Waals surface area contributed by atoms with Gasteiger partial charge in [0.05, 0.1) is 12.2 Å². The van der Waals surface area contributed by atoms with Crippen molar-refractivity contribution in [2.45, 2.75) is 46.1 Å². The minimum Gasteiger partial charge on any atom is -0.507 e. The van der Waals surface area contributed by atoms with E-state index in [-0.39, 0.29) is 11.3 Å². The summed E-state index contributed by atoms with van der Waals surface area (Å²) in [5.41, 5.74) is 3.21. The van der Waals surface area contributed by atoms with Crippen LogP contribution in [-0.4, -0.2) is 23.4 Å². The van der Waals surface area contributed by atoms with Crippen molar-refractivity contribution < 1.29 is 19.4 Å². The van der Waals surface area contributed by atoms with E-state index in [4.69, 9.17) is 4.74 Å². The van der Waals surface area contributed by atoms with E-state index in [1.54, 1.807) is 24.3 Å². The minimum absolute atomic E-state index is 0.100. The number of nitrogens with zero attached hydrogens (tertiary/aromatic N) is 1. The van der Waals surface area contributed by atoms with Crippen LogP contribution < -0.4 is 9.64 Å². The highest BCUT2D eigenvalue weighted by atomic mass is 32.1. The van der Waals surface area contributed by atoms with Gasteiger partial charge in [0.25, 0.3) is 11.7 Å². The summed E-state index contributed by atoms with van der Waals surface area (Å²) in [6.45, 7) is 6.70. The fraction of sp³-hybridized carbons (Fsp3) is 0.286. The lowest BCUT2D eigenvalue weighted by atomic mass is 9.99. The number of aliphatic hydroxyl groups is 1. The number of carbonyl (C=O) groups is 2. The molecule has 1 aromatic heterocycles. The van der Waals surface area contributed by atoms with Crippen molar-refractivity contribution in [3.8, 4) is 5.75 Å². The second-order valence-electron chi connectivity index (χ2n) is 8.61. The first kappa shape index (κ1) is 23.8. The van der Waals surface area contributed by atoms with Gasteiger partial charge in [-0.2, -0.15) is 0 Å². The number of amides is 1. The topological polar surface area (TPSA) is 66.8 Å². The zero-order valence-corrected chi connectivity index (χ0v) is 20.5. The summed E-state index contributed by atoms with van der Waals surface area (Å²) in [4.78, 5) is 28.8. The fourth-order valence-electron chi connectivity index (χ4n) is 4.31. The zero-order chi connectivity index (χ0) is 24.2. The number of hydrogen-bond donors (Lipinski definition) is 1. The lowest BCUT2D eigenvalue weighted by Crippen LogP contribution is -2.29. The lowest BCUT2D eigenvalue weighted by molar-refractivity contribution is -0.132. The molecule has 1 aliphatic heterocycles. The van der Waals surface area contributed by atoms with Gasteiger partial charge in [0.15, 0.2) is 0 Å². The van der Waals surface area contributed by atoms with Crippen LogP contribution in [0.25, 0.3) is 5.76 Å². The van der Waals surface area contributed by atoms with E-state index in [1.807, 2.05) is 49.6 Å². The van der Waals surface area contributed by atoms with Gasteiger partial charge >= 0.3 is 0 Å². The van der Waals surface area contributed by atoms with Crippen molar-refractivity contribution in [3.05, 3.63) is 87.1 Å². The zero-order valence-electron chi connectivity index (χ0n) is 19.7. The largest absolute Gasteiger partial charge is 0.507 e. The molecule has 0 bridgehead atoms. The van der Waals surface area contributed by atoms with Crippen LogP contribution in [0.2, 0.25) is 0 Å². The summed E-state index contributed by atoms with van der Waals surface area (Å²) >= 11 is 1.45. The molecule has 6 heteroatoms. The average Bonchev–Trinajstić information content (AvgIpc) is 3.43. The van der Waals surface area contributed by atoms with Crippen LogP contribution in [0.3, 0.4) is 0 Å². The van der Waals surface area contributed by atoms with Crippen LogP contribution in [0, 0.1) is 13.8 Å². The molecule has 0 spiro atoms. The maximum Gasteiger partial charge on any atom is 0.300 e. The van der Waals surface area contributed by atoms with Crippen LogP contribution in [-0.2, 0) is 9.59 Å². The number of Topliss-reactive ketones (excluding diaryl/α,β-unsaturated/α-hetero) is 1. The Labute approximate surface area is 204 Å². The van der Waals surface area contributed by atoms with Crippen LogP contribution in [0.4, 0.5) is 5.69 Å². The first-order valence-electron chi connectivity index (χ1n) is 11.6. The minimum atomic E-state index is -0.689. The van der Waals surface area contributed by atoms with Gasteiger partial charge in [-0.05, 0) is 79.2 Å². The molecule has 0 radical (unpaired) electrons. The number of aliphatic hydroxyl groups excluding tert-OH is 1. The van der Waals surface area contributed by atoms with Crippen LogP contribution in [0.15, 0.2) is 65.6 Å². The van der Waals surface area contributed by atoms with Gasteiger partial charge in [-0.3, -0.25) is 14.5 Å². The maximum atomic E-state index is 13.2. The van der Waals surface area contributed by atoms with E-state index in [0.29, 0.717) is 23.6 Å². The Bertz CT molecular complexity index is 1190. The SMILES string of the molecule is CCCCCOc1ccc(/C(O)=C2/C(=O)C(=O)N(c3cc(C)cc(C)c3)C2c2cccs2)cc1. The number of rotatable bonds is 8. The molecule has 5 nitrogen and oxygen atoms in total. The van der Waals surface area contributed by atoms with Gasteiger partial charge in [0.2, 0.25) is 0 Å².